The van der Waals surface area contributed by atoms with Gasteiger partial charge in [-0.05, 0) is 30.3 Å². The Hall–Kier alpha value is -3.26. The smallest absolute Gasteiger partial charge is 0.262 e. The van der Waals surface area contributed by atoms with Gasteiger partial charge in [0.25, 0.3) is 10.0 Å². The number of hydrogen-bond donors (Lipinski definition) is 1. The highest BCUT2D eigenvalue weighted by molar-refractivity contribution is 7.92. The van der Waals surface area contributed by atoms with Gasteiger partial charge in [0, 0.05) is 24.0 Å². The summed E-state index contributed by atoms with van der Waals surface area (Å²) in [6.07, 6.45) is 3.60. The van der Waals surface area contributed by atoms with Crippen molar-refractivity contribution in [2.45, 2.75) is 4.90 Å². The van der Waals surface area contributed by atoms with Crippen LogP contribution < -0.4 is 4.72 Å². The summed E-state index contributed by atoms with van der Waals surface area (Å²) in [5, 5.41) is 0. The summed E-state index contributed by atoms with van der Waals surface area (Å²) in [6.45, 7) is 0. The lowest BCUT2D eigenvalue weighted by atomic mass is 10.1. The minimum atomic E-state index is -4.18. The van der Waals surface area contributed by atoms with E-state index in [1.807, 2.05) is 28.8 Å². The third kappa shape index (κ3) is 3.39. The second-order valence-corrected chi connectivity index (χ2v) is 7.53. The van der Waals surface area contributed by atoms with E-state index in [4.69, 9.17) is 0 Å². The molecule has 27 heavy (non-hydrogen) atoms. The van der Waals surface area contributed by atoms with E-state index < -0.39 is 26.6 Å². The van der Waals surface area contributed by atoms with Crippen LogP contribution in [0.2, 0.25) is 0 Å². The summed E-state index contributed by atoms with van der Waals surface area (Å²) in [5.74, 6) is -1.94. The Bertz CT molecular complexity index is 1200. The van der Waals surface area contributed by atoms with Crippen LogP contribution in [0.15, 0.2) is 78.0 Å². The molecule has 0 aliphatic heterocycles. The third-order valence-corrected chi connectivity index (χ3v) is 5.30. The highest BCUT2D eigenvalue weighted by Crippen LogP contribution is 2.29. The highest BCUT2D eigenvalue weighted by Gasteiger charge is 2.19. The molecule has 0 bridgehead atoms. The summed E-state index contributed by atoms with van der Waals surface area (Å²) in [7, 11) is -4.18. The van der Waals surface area contributed by atoms with E-state index in [0.29, 0.717) is 23.0 Å². The molecule has 4 aromatic rings. The maximum atomic E-state index is 13.4. The van der Waals surface area contributed by atoms with Crippen LogP contribution in [0, 0.1) is 11.6 Å². The number of anilines is 1. The fourth-order valence-corrected chi connectivity index (χ4v) is 3.87. The Labute approximate surface area is 154 Å². The van der Waals surface area contributed by atoms with Crippen LogP contribution in [-0.4, -0.2) is 17.8 Å². The summed E-state index contributed by atoms with van der Waals surface area (Å²) >= 11 is 0. The summed E-state index contributed by atoms with van der Waals surface area (Å²) in [5.41, 5.74) is 2.06. The Morgan fingerprint density at radius 2 is 1.63 bits per heavy atom. The van der Waals surface area contributed by atoms with Crippen molar-refractivity contribution >= 4 is 21.4 Å². The molecule has 0 atom stereocenters. The number of imidazole rings is 1. The topological polar surface area (TPSA) is 63.5 Å². The molecule has 4 rings (SSSR count). The Balaban J connectivity index is 1.77. The van der Waals surface area contributed by atoms with Gasteiger partial charge in [0.05, 0.1) is 16.3 Å². The highest BCUT2D eigenvalue weighted by atomic mass is 32.2. The van der Waals surface area contributed by atoms with E-state index >= 15 is 0 Å². The monoisotopic (exact) mass is 385 g/mol. The number of nitrogens with zero attached hydrogens (tertiary/aromatic N) is 2. The molecule has 2 heterocycles. The molecule has 0 aliphatic carbocycles. The first-order valence-corrected chi connectivity index (χ1v) is 9.43. The number of benzene rings is 2. The number of hydrogen-bond acceptors (Lipinski definition) is 3. The number of halogens is 2. The molecule has 2 aromatic carbocycles. The van der Waals surface area contributed by atoms with Crippen LogP contribution in [0.25, 0.3) is 16.9 Å². The van der Waals surface area contributed by atoms with Crippen molar-refractivity contribution in [1.82, 2.24) is 9.38 Å². The molecule has 0 amide bonds. The maximum Gasteiger partial charge on any atom is 0.262 e. The average Bonchev–Trinajstić information content (AvgIpc) is 3.05. The first kappa shape index (κ1) is 17.2. The van der Waals surface area contributed by atoms with E-state index in [2.05, 4.69) is 9.71 Å². The molecular formula is C19H13F2N3O2S. The van der Waals surface area contributed by atoms with Crippen LogP contribution in [0.4, 0.5) is 14.5 Å². The quantitative estimate of drug-likeness (QED) is 0.576. The molecule has 0 saturated heterocycles. The Kier molecular flexibility index (Phi) is 4.12. The van der Waals surface area contributed by atoms with E-state index in [-0.39, 0.29) is 5.69 Å². The van der Waals surface area contributed by atoms with Crippen LogP contribution >= 0.6 is 0 Å². The predicted octanol–water partition coefficient (Wildman–Crippen LogP) is 4.08. The standard InChI is InChI=1S/C19H13F2N3O2S/c20-13-9-14(21)11-15(10-13)27(25,26)23-17-6-2-1-5-16(17)18-12-24-8-4-3-7-19(24)22-18/h1-12,23H. The van der Waals surface area contributed by atoms with Crippen molar-refractivity contribution in [3.8, 4) is 11.3 Å². The largest absolute Gasteiger partial charge is 0.306 e. The van der Waals surface area contributed by atoms with Crippen molar-refractivity contribution in [1.29, 1.82) is 0 Å². The van der Waals surface area contributed by atoms with Gasteiger partial charge >= 0.3 is 0 Å². The van der Waals surface area contributed by atoms with Gasteiger partial charge in [-0.2, -0.15) is 0 Å². The predicted molar refractivity (Wildman–Crippen MR) is 97.8 cm³/mol. The first-order chi connectivity index (χ1) is 12.9. The maximum absolute atomic E-state index is 13.4. The van der Waals surface area contributed by atoms with E-state index in [0.717, 1.165) is 12.1 Å². The Morgan fingerprint density at radius 1 is 0.926 bits per heavy atom. The molecule has 0 fully saturated rings. The van der Waals surface area contributed by atoms with Gasteiger partial charge in [-0.3, -0.25) is 4.72 Å². The van der Waals surface area contributed by atoms with Crippen molar-refractivity contribution in [2.24, 2.45) is 0 Å². The fourth-order valence-electron chi connectivity index (χ4n) is 2.75. The summed E-state index contributed by atoms with van der Waals surface area (Å²) < 4.78 is 56.2. The molecule has 0 saturated carbocycles. The third-order valence-electron chi connectivity index (χ3n) is 3.96. The zero-order valence-corrected chi connectivity index (χ0v) is 14.6. The van der Waals surface area contributed by atoms with Crippen molar-refractivity contribution < 1.29 is 17.2 Å². The van der Waals surface area contributed by atoms with Crippen molar-refractivity contribution in [2.75, 3.05) is 4.72 Å². The van der Waals surface area contributed by atoms with E-state index in [1.165, 1.54) is 0 Å². The van der Waals surface area contributed by atoms with E-state index in [1.54, 1.807) is 30.5 Å². The summed E-state index contributed by atoms with van der Waals surface area (Å²) in [4.78, 5) is 3.99. The van der Waals surface area contributed by atoms with Gasteiger partial charge in [-0.1, -0.05) is 24.3 Å². The molecule has 136 valence electrons. The number of fused-ring (bicyclic) bond motifs is 1. The molecular weight excluding hydrogens is 372 g/mol. The molecule has 8 heteroatoms. The SMILES string of the molecule is O=S(=O)(Nc1ccccc1-c1cn2ccccc2n1)c1cc(F)cc(F)c1. The lowest BCUT2D eigenvalue weighted by molar-refractivity contribution is 0.568. The van der Waals surface area contributed by atoms with Crippen LogP contribution in [-0.2, 0) is 10.0 Å². The van der Waals surface area contributed by atoms with Gasteiger partial charge in [0.15, 0.2) is 0 Å². The van der Waals surface area contributed by atoms with Gasteiger partial charge in [-0.15, -0.1) is 0 Å². The van der Waals surface area contributed by atoms with Gasteiger partial charge in [0.2, 0.25) is 0 Å². The van der Waals surface area contributed by atoms with Gasteiger partial charge in [0.1, 0.15) is 17.3 Å². The zero-order chi connectivity index (χ0) is 19.0. The van der Waals surface area contributed by atoms with Gasteiger partial charge in [-0.25, -0.2) is 22.2 Å². The molecule has 0 spiro atoms. The molecule has 1 N–H and O–H groups in total. The van der Waals surface area contributed by atoms with Crippen molar-refractivity contribution in [3.05, 3.63) is 84.7 Å². The van der Waals surface area contributed by atoms with Crippen LogP contribution in [0.3, 0.4) is 0 Å². The zero-order valence-electron chi connectivity index (χ0n) is 13.8. The normalized spacial score (nSPS) is 11.6. The van der Waals surface area contributed by atoms with Gasteiger partial charge < -0.3 is 4.40 Å². The minimum absolute atomic E-state index is 0.255. The lowest BCUT2D eigenvalue weighted by Crippen LogP contribution is -2.14. The number of pyridine rings is 1. The fraction of sp³-hybridized carbons (Fsp3) is 0. The second kappa shape index (κ2) is 6.48. The molecule has 2 aromatic heterocycles. The average molecular weight is 385 g/mol. The minimum Gasteiger partial charge on any atom is -0.306 e. The number of nitrogens with one attached hydrogen (secondary N) is 1. The van der Waals surface area contributed by atoms with E-state index in [9.17, 15) is 17.2 Å². The number of sulfonamides is 1. The number of aromatic nitrogens is 2. The molecule has 0 aliphatic rings. The Morgan fingerprint density at radius 3 is 2.37 bits per heavy atom. The molecule has 5 nitrogen and oxygen atoms in total. The molecule has 0 radical (unpaired) electrons. The number of para-hydroxylation sites is 1. The van der Waals surface area contributed by atoms with Crippen LogP contribution in [0.1, 0.15) is 0 Å². The second-order valence-electron chi connectivity index (χ2n) is 5.85. The lowest BCUT2D eigenvalue weighted by Gasteiger charge is -2.11. The van der Waals surface area contributed by atoms with Crippen LogP contribution in [0.5, 0.6) is 0 Å². The van der Waals surface area contributed by atoms with Crippen molar-refractivity contribution in [3.63, 3.8) is 0 Å². The first-order valence-electron chi connectivity index (χ1n) is 7.94. The molecule has 0 unspecified atom stereocenters. The summed E-state index contributed by atoms with van der Waals surface area (Å²) in [6, 6.07) is 14.3. The number of rotatable bonds is 4.